The molecule has 0 aliphatic carbocycles. The molecular formula is C13H16N4O3. The molecule has 3 rings (SSSR count). The third-order valence-corrected chi connectivity index (χ3v) is 3.51. The molecule has 0 radical (unpaired) electrons. The van der Waals surface area contributed by atoms with Crippen LogP contribution in [0.4, 0.5) is 5.69 Å². The van der Waals surface area contributed by atoms with Crippen LogP contribution in [0.1, 0.15) is 19.8 Å². The smallest absolute Gasteiger partial charge is 0.249 e. The molecule has 1 saturated heterocycles. The number of methoxy groups -OCH3 is 1. The lowest BCUT2D eigenvalue weighted by atomic mass is 9.92. The van der Waals surface area contributed by atoms with E-state index in [-0.39, 0.29) is 18.6 Å². The SMILES string of the molecule is CO[C@@H]1CC=C2NN(c3cncnc3)C(=O)C[C@]2(C)O1. The summed E-state index contributed by atoms with van der Waals surface area (Å²) in [4.78, 5) is 20.2. The molecule has 1 aromatic heterocycles. The zero-order chi connectivity index (χ0) is 14.2. The van der Waals surface area contributed by atoms with E-state index in [4.69, 9.17) is 9.47 Å². The van der Waals surface area contributed by atoms with E-state index in [0.717, 1.165) is 5.70 Å². The number of carbonyl (C=O) groups excluding carboxylic acids is 1. The standard InChI is InChI=1S/C13H16N4O3/c1-13-5-11(18)17(9-6-14-8-15-7-9)16-10(13)3-4-12(19-2)20-13/h3,6-8,12,16H,4-5H2,1-2H3/t12-,13-/m0/s1. The number of carbonyl (C=O) groups is 1. The van der Waals surface area contributed by atoms with Crippen molar-refractivity contribution in [3.05, 3.63) is 30.5 Å². The van der Waals surface area contributed by atoms with Crippen LogP contribution in [0.2, 0.25) is 0 Å². The number of nitrogens with zero attached hydrogens (tertiary/aromatic N) is 3. The maximum atomic E-state index is 12.3. The van der Waals surface area contributed by atoms with Gasteiger partial charge in [-0.25, -0.2) is 15.0 Å². The van der Waals surface area contributed by atoms with E-state index in [2.05, 4.69) is 15.4 Å². The Balaban J connectivity index is 1.88. The van der Waals surface area contributed by atoms with E-state index in [1.165, 1.54) is 11.3 Å². The van der Waals surface area contributed by atoms with Crippen LogP contribution in [0.15, 0.2) is 30.5 Å². The van der Waals surface area contributed by atoms with Crippen LogP contribution in [-0.4, -0.2) is 34.9 Å². The van der Waals surface area contributed by atoms with Crippen LogP contribution in [0.5, 0.6) is 0 Å². The van der Waals surface area contributed by atoms with Crippen molar-refractivity contribution in [2.45, 2.75) is 31.7 Å². The first-order chi connectivity index (χ1) is 9.62. The summed E-state index contributed by atoms with van der Waals surface area (Å²) < 4.78 is 11.1. The molecule has 7 nitrogen and oxygen atoms in total. The van der Waals surface area contributed by atoms with E-state index in [1.54, 1.807) is 19.5 Å². The maximum absolute atomic E-state index is 12.3. The lowest BCUT2D eigenvalue weighted by molar-refractivity contribution is -0.194. The summed E-state index contributed by atoms with van der Waals surface area (Å²) in [6.07, 6.45) is 7.16. The largest absolute Gasteiger partial charge is 0.356 e. The highest BCUT2D eigenvalue weighted by Crippen LogP contribution is 2.35. The summed E-state index contributed by atoms with van der Waals surface area (Å²) in [7, 11) is 1.60. The third-order valence-electron chi connectivity index (χ3n) is 3.51. The first-order valence-electron chi connectivity index (χ1n) is 6.38. The summed E-state index contributed by atoms with van der Waals surface area (Å²) >= 11 is 0. The van der Waals surface area contributed by atoms with Crippen molar-refractivity contribution >= 4 is 11.6 Å². The van der Waals surface area contributed by atoms with Crippen LogP contribution in [0.3, 0.4) is 0 Å². The van der Waals surface area contributed by atoms with Gasteiger partial charge >= 0.3 is 0 Å². The lowest BCUT2D eigenvalue weighted by Gasteiger charge is -2.45. The Hall–Kier alpha value is -1.99. The molecule has 0 unspecified atom stereocenters. The fourth-order valence-electron chi connectivity index (χ4n) is 2.44. The molecule has 0 saturated carbocycles. The molecule has 2 aliphatic rings. The summed E-state index contributed by atoms with van der Waals surface area (Å²) in [5.41, 5.74) is 3.87. The maximum Gasteiger partial charge on any atom is 0.249 e. The molecule has 7 heteroatoms. The number of ether oxygens (including phenoxy) is 2. The van der Waals surface area contributed by atoms with Gasteiger partial charge in [0, 0.05) is 13.5 Å². The Morgan fingerprint density at radius 2 is 2.25 bits per heavy atom. The van der Waals surface area contributed by atoms with Gasteiger partial charge in [-0.2, -0.15) is 0 Å². The van der Waals surface area contributed by atoms with Gasteiger partial charge in [-0.1, -0.05) is 6.08 Å². The van der Waals surface area contributed by atoms with Crippen LogP contribution in [0, 0.1) is 0 Å². The Bertz CT molecular complexity index is 548. The molecular weight excluding hydrogens is 260 g/mol. The number of fused-ring (bicyclic) bond motifs is 1. The molecule has 20 heavy (non-hydrogen) atoms. The number of hydrogen-bond acceptors (Lipinski definition) is 6. The molecule has 0 bridgehead atoms. The molecule has 2 atom stereocenters. The van der Waals surface area contributed by atoms with Crippen molar-refractivity contribution in [1.82, 2.24) is 15.4 Å². The van der Waals surface area contributed by atoms with Crippen molar-refractivity contribution in [2.75, 3.05) is 12.1 Å². The molecule has 3 heterocycles. The minimum absolute atomic E-state index is 0.101. The van der Waals surface area contributed by atoms with Gasteiger partial charge in [0.15, 0.2) is 6.29 Å². The summed E-state index contributed by atoms with van der Waals surface area (Å²) in [6.45, 7) is 1.88. The number of amides is 1. The number of rotatable bonds is 2. The Kier molecular flexibility index (Phi) is 3.15. The molecule has 106 valence electrons. The van der Waals surface area contributed by atoms with Gasteiger partial charge in [-0.3, -0.25) is 10.2 Å². The van der Waals surface area contributed by atoms with E-state index in [9.17, 15) is 4.79 Å². The highest BCUT2D eigenvalue weighted by atomic mass is 16.7. The van der Waals surface area contributed by atoms with Gasteiger partial charge in [0.1, 0.15) is 17.6 Å². The Morgan fingerprint density at radius 1 is 1.50 bits per heavy atom. The Labute approximate surface area is 116 Å². The number of aromatic nitrogens is 2. The summed E-state index contributed by atoms with van der Waals surface area (Å²) in [6, 6.07) is 0. The highest BCUT2D eigenvalue weighted by Gasteiger charge is 2.44. The summed E-state index contributed by atoms with van der Waals surface area (Å²) in [5.74, 6) is -0.101. The van der Waals surface area contributed by atoms with E-state index in [1.807, 2.05) is 13.0 Å². The average Bonchev–Trinajstić information content (AvgIpc) is 2.46. The quantitative estimate of drug-likeness (QED) is 0.859. The van der Waals surface area contributed by atoms with E-state index < -0.39 is 5.60 Å². The number of nitrogens with one attached hydrogen (secondary N) is 1. The van der Waals surface area contributed by atoms with Gasteiger partial charge < -0.3 is 9.47 Å². The molecule has 1 N–H and O–H groups in total. The zero-order valence-corrected chi connectivity index (χ0v) is 11.4. The van der Waals surface area contributed by atoms with Crippen molar-refractivity contribution < 1.29 is 14.3 Å². The van der Waals surface area contributed by atoms with Crippen molar-refractivity contribution in [2.24, 2.45) is 0 Å². The third kappa shape index (κ3) is 2.14. The monoisotopic (exact) mass is 276 g/mol. The Morgan fingerprint density at radius 3 is 2.95 bits per heavy atom. The molecule has 1 aromatic rings. The average molecular weight is 276 g/mol. The predicted octanol–water partition coefficient (Wildman–Crippen LogP) is 0.753. The predicted molar refractivity (Wildman–Crippen MR) is 70.3 cm³/mol. The normalized spacial score (nSPS) is 29.5. The molecule has 1 fully saturated rings. The minimum atomic E-state index is -0.678. The number of hydrazine groups is 1. The van der Waals surface area contributed by atoms with E-state index in [0.29, 0.717) is 12.1 Å². The molecule has 0 aromatic carbocycles. The second-order valence-corrected chi connectivity index (χ2v) is 4.98. The van der Waals surface area contributed by atoms with Crippen LogP contribution in [-0.2, 0) is 14.3 Å². The molecule has 2 aliphatic heterocycles. The van der Waals surface area contributed by atoms with Crippen LogP contribution < -0.4 is 10.4 Å². The first kappa shape index (κ1) is 13.0. The van der Waals surface area contributed by atoms with Crippen molar-refractivity contribution in [3.8, 4) is 0 Å². The van der Waals surface area contributed by atoms with Gasteiger partial charge in [-0.15, -0.1) is 0 Å². The van der Waals surface area contributed by atoms with Crippen LogP contribution in [0.25, 0.3) is 0 Å². The minimum Gasteiger partial charge on any atom is -0.356 e. The zero-order valence-electron chi connectivity index (χ0n) is 11.4. The van der Waals surface area contributed by atoms with Gasteiger partial charge in [0.05, 0.1) is 24.5 Å². The fourth-order valence-corrected chi connectivity index (χ4v) is 2.44. The van der Waals surface area contributed by atoms with Crippen molar-refractivity contribution in [1.29, 1.82) is 0 Å². The van der Waals surface area contributed by atoms with Gasteiger partial charge in [-0.05, 0) is 6.92 Å². The fraction of sp³-hybridized carbons (Fsp3) is 0.462. The number of hydrogen-bond donors (Lipinski definition) is 1. The first-order valence-corrected chi connectivity index (χ1v) is 6.38. The molecule has 0 spiro atoms. The van der Waals surface area contributed by atoms with Crippen LogP contribution >= 0.6 is 0 Å². The van der Waals surface area contributed by atoms with Gasteiger partial charge in [0.25, 0.3) is 0 Å². The highest BCUT2D eigenvalue weighted by molar-refractivity contribution is 5.94. The van der Waals surface area contributed by atoms with Crippen molar-refractivity contribution in [3.63, 3.8) is 0 Å². The van der Waals surface area contributed by atoms with E-state index >= 15 is 0 Å². The lowest BCUT2D eigenvalue weighted by Crippen LogP contribution is -2.59. The topological polar surface area (TPSA) is 76.6 Å². The second-order valence-electron chi connectivity index (χ2n) is 4.98. The second kappa shape index (κ2) is 4.84. The number of anilines is 1. The van der Waals surface area contributed by atoms with Gasteiger partial charge in [0.2, 0.25) is 5.91 Å². The summed E-state index contributed by atoms with van der Waals surface area (Å²) in [5, 5.41) is 1.45. The molecule has 1 amide bonds.